The van der Waals surface area contributed by atoms with Crippen LogP contribution in [0.5, 0.6) is 0 Å². The number of hydrogen-bond acceptors (Lipinski definition) is 3. The molecule has 3 heteroatoms. The number of carbonyl (C=O) groups excluding carboxylic acids is 1. The molecule has 1 saturated carbocycles. The third-order valence-electron chi connectivity index (χ3n) is 2.60. The molecule has 0 amide bonds. The summed E-state index contributed by atoms with van der Waals surface area (Å²) in [5.74, 6) is 0.721. The van der Waals surface area contributed by atoms with Gasteiger partial charge in [0.15, 0.2) is 10.8 Å². The van der Waals surface area contributed by atoms with Gasteiger partial charge in [-0.3, -0.25) is 4.79 Å². The van der Waals surface area contributed by atoms with Crippen LogP contribution in [0.25, 0.3) is 0 Å². The number of nitrogens with zero attached hydrogens (tertiary/aromatic N) is 1. The number of aromatic nitrogens is 1. The van der Waals surface area contributed by atoms with Gasteiger partial charge in [-0.15, -0.1) is 11.3 Å². The third kappa shape index (κ3) is 1.80. The van der Waals surface area contributed by atoms with E-state index in [1.54, 1.807) is 6.92 Å². The van der Waals surface area contributed by atoms with Gasteiger partial charge in [-0.05, 0) is 12.8 Å². The smallest absolute Gasteiger partial charge is 0.188 e. The van der Waals surface area contributed by atoms with Crippen molar-refractivity contribution in [3.05, 3.63) is 16.1 Å². The van der Waals surface area contributed by atoms with E-state index in [0.717, 1.165) is 5.69 Å². The van der Waals surface area contributed by atoms with Gasteiger partial charge in [-0.1, -0.05) is 12.8 Å². The average Bonchev–Trinajstić information content (AvgIpc) is 2.75. The Hall–Kier alpha value is -0.700. The predicted octanol–water partition coefficient (Wildman–Crippen LogP) is 3.00. The highest BCUT2D eigenvalue weighted by Crippen LogP contribution is 2.34. The summed E-state index contributed by atoms with van der Waals surface area (Å²) in [6, 6.07) is 0. The van der Waals surface area contributed by atoms with Crippen molar-refractivity contribution in [1.29, 1.82) is 0 Å². The summed E-state index contributed by atoms with van der Waals surface area (Å²) >= 11 is 1.48. The molecule has 1 aliphatic carbocycles. The molecular weight excluding hydrogens is 182 g/mol. The van der Waals surface area contributed by atoms with Gasteiger partial charge in [0.2, 0.25) is 0 Å². The van der Waals surface area contributed by atoms with Crippen molar-refractivity contribution in [3.63, 3.8) is 0 Å². The van der Waals surface area contributed by atoms with Crippen LogP contribution in [0, 0.1) is 0 Å². The normalized spacial score (nSPS) is 17.9. The summed E-state index contributed by atoms with van der Waals surface area (Å²) in [5, 5.41) is 2.72. The van der Waals surface area contributed by atoms with E-state index in [1.165, 1.54) is 37.0 Å². The van der Waals surface area contributed by atoms with Gasteiger partial charge in [0.05, 0.1) is 5.69 Å². The molecule has 1 aromatic rings. The summed E-state index contributed by atoms with van der Waals surface area (Å²) < 4.78 is 0. The zero-order chi connectivity index (χ0) is 9.26. The van der Waals surface area contributed by atoms with Gasteiger partial charge in [-0.2, -0.15) is 0 Å². The molecule has 13 heavy (non-hydrogen) atoms. The summed E-state index contributed by atoms with van der Waals surface area (Å²) in [7, 11) is 0. The topological polar surface area (TPSA) is 30.0 Å². The molecule has 0 atom stereocenters. The maximum absolute atomic E-state index is 11.0. The lowest BCUT2D eigenvalue weighted by atomic mass is 10.1. The number of Topliss-reactive ketones (excluding diaryl/α,β-unsaturated/α-hetero) is 1. The van der Waals surface area contributed by atoms with Crippen molar-refractivity contribution in [2.75, 3.05) is 0 Å². The van der Waals surface area contributed by atoms with Gasteiger partial charge in [0.25, 0.3) is 0 Å². The van der Waals surface area contributed by atoms with E-state index in [4.69, 9.17) is 0 Å². The fraction of sp³-hybridized carbons (Fsp3) is 0.600. The Bertz CT molecular complexity index is 312. The predicted molar refractivity (Wildman–Crippen MR) is 53.3 cm³/mol. The van der Waals surface area contributed by atoms with Crippen LogP contribution in [0.1, 0.15) is 54.0 Å². The average molecular weight is 195 g/mol. The Morgan fingerprint density at radius 1 is 1.54 bits per heavy atom. The Labute approximate surface area is 82.0 Å². The molecule has 70 valence electrons. The Kier molecular flexibility index (Phi) is 2.44. The molecule has 0 saturated heterocycles. The zero-order valence-corrected chi connectivity index (χ0v) is 8.56. The van der Waals surface area contributed by atoms with Gasteiger partial charge in [0, 0.05) is 18.2 Å². The van der Waals surface area contributed by atoms with Crippen LogP contribution in [-0.2, 0) is 0 Å². The first-order valence-electron chi connectivity index (χ1n) is 4.74. The minimum absolute atomic E-state index is 0.0919. The largest absolute Gasteiger partial charge is 0.292 e. The van der Waals surface area contributed by atoms with Crippen LogP contribution in [-0.4, -0.2) is 10.8 Å². The first kappa shape index (κ1) is 8.88. The van der Waals surface area contributed by atoms with Gasteiger partial charge in [0.1, 0.15) is 0 Å². The Morgan fingerprint density at radius 3 is 2.77 bits per heavy atom. The fourth-order valence-electron chi connectivity index (χ4n) is 1.86. The molecule has 0 unspecified atom stereocenters. The molecule has 0 radical (unpaired) electrons. The van der Waals surface area contributed by atoms with Crippen LogP contribution in [0.2, 0.25) is 0 Å². The van der Waals surface area contributed by atoms with Crippen LogP contribution in [0.4, 0.5) is 0 Å². The van der Waals surface area contributed by atoms with Crippen molar-refractivity contribution in [2.24, 2.45) is 0 Å². The minimum atomic E-state index is 0.0919. The molecule has 1 aromatic heterocycles. The van der Waals surface area contributed by atoms with E-state index in [-0.39, 0.29) is 5.78 Å². The maximum atomic E-state index is 11.0. The van der Waals surface area contributed by atoms with Crippen LogP contribution in [0.15, 0.2) is 5.38 Å². The van der Waals surface area contributed by atoms with Crippen molar-refractivity contribution in [1.82, 2.24) is 4.98 Å². The Morgan fingerprint density at radius 2 is 2.23 bits per heavy atom. The van der Waals surface area contributed by atoms with Gasteiger partial charge < -0.3 is 0 Å². The molecule has 1 aliphatic rings. The number of thiazole rings is 1. The number of ketones is 1. The quantitative estimate of drug-likeness (QED) is 0.679. The van der Waals surface area contributed by atoms with E-state index in [2.05, 4.69) is 4.98 Å². The second kappa shape index (κ2) is 3.58. The molecule has 1 heterocycles. The van der Waals surface area contributed by atoms with Crippen molar-refractivity contribution in [2.45, 2.75) is 38.5 Å². The van der Waals surface area contributed by atoms with Crippen molar-refractivity contribution >= 4 is 17.1 Å². The first-order valence-corrected chi connectivity index (χ1v) is 5.61. The van der Waals surface area contributed by atoms with Crippen molar-refractivity contribution in [3.8, 4) is 0 Å². The monoisotopic (exact) mass is 195 g/mol. The van der Waals surface area contributed by atoms with Crippen LogP contribution < -0.4 is 0 Å². The molecule has 0 bridgehead atoms. The fourth-order valence-corrected chi connectivity index (χ4v) is 2.66. The Balaban J connectivity index is 2.16. The summed E-state index contributed by atoms with van der Waals surface area (Å²) in [6.45, 7) is 1.58. The van der Waals surface area contributed by atoms with E-state index >= 15 is 0 Å². The number of rotatable bonds is 2. The standard InChI is InChI=1S/C10H13NOS/c1-7(12)10-11-9(6-13-10)8-4-2-3-5-8/h6,8H,2-5H2,1H3. The number of hydrogen-bond donors (Lipinski definition) is 0. The third-order valence-corrected chi connectivity index (χ3v) is 3.56. The molecule has 0 N–H and O–H groups in total. The second-order valence-corrected chi connectivity index (χ2v) is 4.47. The van der Waals surface area contributed by atoms with Crippen LogP contribution >= 0.6 is 11.3 Å². The second-order valence-electron chi connectivity index (χ2n) is 3.62. The molecule has 0 aromatic carbocycles. The summed E-state index contributed by atoms with van der Waals surface area (Å²) in [5.41, 5.74) is 1.15. The van der Waals surface area contributed by atoms with E-state index in [1.807, 2.05) is 5.38 Å². The maximum Gasteiger partial charge on any atom is 0.188 e. The molecule has 0 spiro atoms. The lowest BCUT2D eigenvalue weighted by Crippen LogP contribution is -1.95. The van der Waals surface area contributed by atoms with E-state index < -0.39 is 0 Å². The van der Waals surface area contributed by atoms with Gasteiger partial charge >= 0.3 is 0 Å². The first-order chi connectivity index (χ1) is 6.27. The van der Waals surface area contributed by atoms with Crippen molar-refractivity contribution < 1.29 is 4.79 Å². The highest BCUT2D eigenvalue weighted by molar-refractivity contribution is 7.11. The lowest BCUT2D eigenvalue weighted by molar-refractivity contribution is 0.101. The lowest BCUT2D eigenvalue weighted by Gasteiger charge is -2.02. The molecule has 2 nitrogen and oxygen atoms in total. The minimum Gasteiger partial charge on any atom is -0.292 e. The SMILES string of the molecule is CC(=O)c1nc(C2CCCC2)cs1. The van der Waals surface area contributed by atoms with E-state index in [0.29, 0.717) is 10.9 Å². The zero-order valence-electron chi connectivity index (χ0n) is 7.75. The highest BCUT2D eigenvalue weighted by Gasteiger charge is 2.20. The van der Waals surface area contributed by atoms with Crippen LogP contribution in [0.3, 0.4) is 0 Å². The molecule has 2 rings (SSSR count). The summed E-state index contributed by atoms with van der Waals surface area (Å²) in [4.78, 5) is 15.4. The van der Waals surface area contributed by atoms with E-state index in [9.17, 15) is 4.79 Å². The molecular formula is C10H13NOS. The summed E-state index contributed by atoms with van der Waals surface area (Å²) in [6.07, 6.45) is 5.14. The highest BCUT2D eigenvalue weighted by atomic mass is 32.1. The van der Waals surface area contributed by atoms with Gasteiger partial charge in [-0.25, -0.2) is 4.98 Å². The number of carbonyl (C=O) groups is 1. The molecule has 1 fully saturated rings. The molecule has 0 aliphatic heterocycles.